The van der Waals surface area contributed by atoms with Crippen molar-refractivity contribution in [2.45, 2.75) is 31.5 Å². The van der Waals surface area contributed by atoms with Gasteiger partial charge in [0.05, 0.1) is 4.83 Å². The molecule has 0 saturated heterocycles. The van der Waals surface area contributed by atoms with Crippen LogP contribution in [-0.4, -0.2) is 20.6 Å². The SMILES string of the molecule is CC12CCC(C(Br)C1=O)C2(C)CS(=O)Cl. The average Bonchev–Trinajstić information content (AvgIpc) is 2.42. The Balaban J connectivity index is 2.42. The van der Waals surface area contributed by atoms with Gasteiger partial charge in [0.2, 0.25) is 0 Å². The van der Waals surface area contributed by atoms with Gasteiger partial charge in [0.1, 0.15) is 10.0 Å². The van der Waals surface area contributed by atoms with Crippen LogP contribution >= 0.6 is 26.6 Å². The molecule has 0 amide bonds. The van der Waals surface area contributed by atoms with Crippen LogP contribution in [0.3, 0.4) is 0 Å². The van der Waals surface area contributed by atoms with E-state index in [1.807, 2.05) is 6.92 Å². The van der Waals surface area contributed by atoms with E-state index in [0.29, 0.717) is 5.75 Å². The molecule has 0 aromatic heterocycles. The highest BCUT2D eigenvalue weighted by atomic mass is 79.9. The van der Waals surface area contributed by atoms with Gasteiger partial charge in [-0.15, -0.1) is 0 Å². The van der Waals surface area contributed by atoms with Crippen LogP contribution in [0, 0.1) is 16.7 Å². The van der Waals surface area contributed by atoms with E-state index in [4.69, 9.17) is 10.7 Å². The van der Waals surface area contributed by atoms with E-state index in [1.54, 1.807) is 0 Å². The van der Waals surface area contributed by atoms with Crippen molar-refractivity contribution in [2.75, 3.05) is 5.75 Å². The Kier molecular flexibility index (Phi) is 2.85. The molecule has 2 aliphatic rings. The maximum Gasteiger partial charge on any atom is 0.153 e. The van der Waals surface area contributed by atoms with E-state index in [2.05, 4.69) is 22.9 Å². The maximum absolute atomic E-state index is 12.1. The van der Waals surface area contributed by atoms with Crippen LogP contribution in [0.15, 0.2) is 0 Å². The lowest BCUT2D eigenvalue weighted by atomic mass is 9.70. The smallest absolute Gasteiger partial charge is 0.153 e. The lowest BCUT2D eigenvalue weighted by Crippen LogP contribution is -2.38. The number of fused-ring (bicyclic) bond motifs is 2. The fourth-order valence-corrected chi connectivity index (χ4v) is 6.36. The van der Waals surface area contributed by atoms with Gasteiger partial charge in [-0.2, -0.15) is 0 Å². The van der Waals surface area contributed by atoms with Crippen molar-refractivity contribution < 1.29 is 9.00 Å². The average molecular weight is 314 g/mol. The lowest BCUT2D eigenvalue weighted by Gasteiger charge is -2.35. The molecule has 2 rings (SSSR count). The van der Waals surface area contributed by atoms with Crippen molar-refractivity contribution in [1.29, 1.82) is 0 Å². The second-order valence-electron chi connectivity index (χ2n) is 5.10. The van der Waals surface area contributed by atoms with E-state index in [1.165, 1.54) is 0 Å². The van der Waals surface area contributed by atoms with Crippen LogP contribution in [0.4, 0.5) is 0 Å². The summed E-state index contributed by atoms with van der Waals surface area (Å²) in [6.45, 7) is 4.06. The molecule has 2 aliphatic carbocycles. The summed E-state index contributed by atoms with van der Waals surface area (Å²) >= 11 is 3.47. The van der Waals surface area contributed by atoms with Gasteiger partial charge in [0.15, 0.2) is 5.78 Å². The number of carbonyl (C=O) groups excluding carboxylic acids is 1. The van der Waals surface area contributed by atoms with Gasteiger partial charge in [0.25, 0.3) is 0 Å². The van der Waals surface area contributed by atoms with E-state index >= 15 is 0 Å². The highest BCUT2D eigenvalue weighted by molar-refractivity contribution is 9.10. The van der Waals surface area contributed by atoms with Crippen molar-refractivity contribution in [3.05, 3.63) is 0 Å². The highest BCUT2D eigenvalue weighted by Crippen LogP contribution is 2.65. The summed E-state index contributed by atoms with van der Waals surface area (Å²) in [5, 5.41) is 0. The van der Waals surface area contributed by atoms with Crippen LogP contribution < -0.4 is 0 Å². The minimum absolute atomic E-state index is 0.0681. The molecule has 15 heavy (non-hydrogen) atoms. The zero-order chi connectivity index (χ0) is 11.4. The Bertz CT molecular complexity index is 348. The molecule has 0 radical (unpaired) electrons. The Morgan fingerprint density at radius 1 is 1.60 bits per heavy atom. The van der Waals surface area contributed by atoms with Crippen LogP contribution in [0.2, 0.25) is 0 Å². The molecule has 5 atom stereocenters. The molecule has 2 nitrogen and oxygen atoms in total. The molecular weight excluding hydrogens is 300 g/mol. The zero-order valence-electron chi connectivity index (χ0n) is 8.76. The Hall–Kier alpha value is 0.590. The first-order valence-corrected chi connectivity index (χ1v) is 8.12. The molecule has 2 bridgehead atoms. The number of carbonyl (C=O) groups is 1. The van der Waals surface area contributed by atoms with Crippen molar-refractivity contribution in [3.63, 3.8) is 0 Å². The largest absolute Gasteiger partial charge is 0.298 e. The predicted molar refractivity (Wildman–Crippen MR) is 65.5 cm³/mol. The van der Waals surface area contributed by atoms with Gasteiger partial charge >= 0.3 is 0 Å². The third-order valence-corrected chi connectivity index (χ3v) is 6.80. The molecule has 2 saturated carbocycles. The molecule has 2 fully saturated rings. The van der Waals surface area contributed by atoms with E-state index in [9.17, 15) is 9.00 Å². The van der Waals surface area contributed by atoms with Gasteiger partial charge in [-0.1, -0.05) is 29.8 Å². The van der Waals surface area contributed by atoms with Crippen molar-refractivity contribution in [2.24, 2.45) is 16.7 Å². The second-order valence-corrected chi connectivity index (χ2v) is 7.98. The zero-order valence-corrected chi connectivity index (χ0v) is 11.9. The minimum Gasteiger partial charge on any atom is -0.298 e. The molecule has 5 heteroatoms. The topological polar surface area (TPSA) is 34.1 Å². The number of hydrogen-bond acceptors (Lipinski definition) is 2. The van der Waals surface area contributed by atoms with Crippen LogP contribution in [0.1, 0.15) is 26.7 Å². The van der Waals surface area contributed by atoms with Gasteiger partial charge in [0, 0.05) is 11.2 Å². The Morgan fingerprint density at radius 2 is 2.20 bits per heavy atom. The van der Waals surface area contributed by atoms with Crippen molar-refractivity contribution in [1.82, 2.24) is 0 Å². The molecule has 0 N–H and O–H groups in total. The standard InChI is InChI=1S/C10H14BrClO2S/c1-9-4-3-6(7(11)8(9)13)10(9,2)5-15(12)14/h6-7H,3-5H2,1-2H3. The molecule has 5 unspecified atom stereocenters. The summed E-state index contributed by atoms with van der Waals surface area (Å²) in [6.07, 6.45) is 1.94. The van der Waals surface area contributed by atoms with E-state index in [-0.39, 0.29) is 27.4 Å². The second kappa shape index (κ2) is 3.54. The third kappa shape index (κ3) is 1.40. The van der Waals surface area contributed by atoms with Crippen LogP contribution in [0.5, 0.6) is 0 Å². The molecule has 0 spiro atoms. The minimum atomic E-state index is -1.35. The molecular formula is C10H14BrClO2S. The summed E-state index contributed by atoms with van der Waals surface area (Å²) in [4.78, 5) is 12.0. The number of ketones is 1. The number of Topliss-reactive ketones (excluding diaryl/α,β-unsaturated/α-hetero) is 1. The number of hydrogen-bond donors (Lipinski definition) is 0. The van der Waals surface area contributed by atoms with Crippen LogP contribution in [-0.2, 0) is 14.8 Å². The summed E-state index contributed by atoms with van der Waals surface area (Å²) in [7, 11) is 4.26. The first-order chi connectivity index (χ1) is 6.83. The first kappa shape index (κ1) is 12.1. The van der Waals surface area contributed by atoms with Crippen molar-refractivity contribution >= 4 is 42.4 Å². The lowest BCUT2D eigenvalue weighted by molar-refractivity contribution is -0.127. The fraction of sp³-hybridized carbons (Fsp3) is 0.900. The summed E-state index contributed by atoms with van der Waals surface area (Å²) in [6, 6.07) is 0. The maximum atomic E-state index is 12.1. The fourth-order valence-electron chi connectivity index (χ4n) is 3.32. The normalized spacial score (nSPS) is 51.1. The number of rotatable bonds is 2. The van der Waals surface area contributed by atoms with E-state index in [0.717, 1.165) is 12.8 Å². The van der Waals surface area contributed by atoms with Gasteiger partial charge in [-0.3, -0.25) is 4.79 Å². The van der Waals surface area contributed by atoms with Gasteiger partial charge < -0.3 is 0 Å². The molecule has 0 aromatic carbocycles. The van der Waals surface area contributed by atoms with Crippen LogP contribution in [0.25, 0.3) is 0 Å². The number of halogens is 2. The highest BCUT2D eigenvalue weighted by Gasteiger charge is 2.67. The quantitative estimate of drug-likeness (QED) is 0.580. The Labute approximate surface area is 105 Å². The van der Waals surface area contributed by atoms with Gasteiger partial charge in [-0.05, 0) is 34.9 Å². The van der Waals surface area contributed by atoms with Gasteiger partial charge in [-0.25, -0.2) is 4.21 Å². The molecule has 0 heterocycles. The first-order valence-electron chi connectivity index (χ1n) is 5.06. The summed E-state index contributed by atoms with van der Waals surface area (Å²) in [5.74, 6) is 0.977. The monoisotopic (exact) mass is 312 g/mol. The Morgan fingerprint density at radius 3 is 2.60 bits per heavy atom. The summed E-state index contributed by atoms with van der Waals surface area (Å²) in [5.41, 5.74) is -0.540. The molecule has 0 aliphatic heterocycles. The van der Waals surface area contributed by atoms with E-state index < -0.39 is 10.0 Å². The number of alkyl halides is 1. The third-order valence-electron chi connectivity index (χ3n) is 4.60. The van der Waals surface area contributed by atoms with Crippen molar-refractivity contribution in [3.8, 4) is 0 Å². The molecule has 0 aromatic rings. The molecule has 86 valence electrons. The predicted octanol–water partition coefficient (Wildman–Crippen LogP) is 2.66. The summed E-state index contributed by atoms with van der Waals surface area (Å²) < 4.78 is 11.2.